The smallest absolute Gasteiger partial charge is 0.347 e. The quantitative estimate of drug-likeness (QED) is 0.746. The number of alkyl halides is 3. The summed E-state index contributed by atoms with van der Waals surface area (Å²) < 4.78 is 44.9. The lowest BCUT2D eigenvalue weighted by molar-refractivity contribution is -0.137. The maximum absolute atomic E-state index is 13.0. The number of piperidine rings is 1. The van der Waals surface area contributed by atoms with E-state index in [-0.39, 0.29) is 0 Å². The predicted molar refractivity (Wildman–Crippen MR) is 77.1 cm³/mol. The van der Waals surface area contributed by atoms with Gasteiger partial charge in [-0.3, -0.25) is 4.90 Å². The summed E-state index contributed by atoms with van der Waals surface area (Å²) in [5.41, 5.74) is -0.476. The number of hydrogen-bond acceptors (Lipinski definition) is 3. The van der Waals surface area contributed by atoms with Crippen LogP contribution in [0, 0.1) is 23.7 Å². The molecule has 2 aliphatic heterocycles. The highest BCUT2D eigenvalue weighted by atomic mass is 19.4. The van der Waals surface area contributed by atoms with Crippen molar-refractivity contribution in [2.75, 3.05) is 19.6 Å². The molecule has 1 spiro atoms. The van der Waals surface area contributed by atoms with E-state index < -0.39 is 23.4 Å². The number of terminal acetylenes is 1. The Morgan fingerprint density at radius 1 is 1.35 bits per heavy atom. The van der Waals surface area contributed by atoms with Gasteiger partial charge in [-0.15, -0.1) is 6.42 Å². The molecule has 3 rings (SSSR count). The number of fused-ring (bicyclic) bond motifs is 2. The van der Waals surface area contributed by atoms with Gasteiger partial charge in [0.15, 0.2) is 6.10 Å². The van der Waals surface area contributed by atoms with Crippen molar-refractivity contribution < 1.29 is 17.9 Å². The molecule has 120 valence electrons. The molecule has 0 aliphatic carbocycles. The molecule has 0 aromatic heterocycles. The molecule has 23 heavy (non-hydrogen) atoms. The molecule has 1 saturated heterocycles. The first-order valence-electron chi connectivity index (χ1n) is 7.34. The monoisotopic (exact) mass is 320 g/mol. The summed E-state index contributed by atoms with van der Waals surface area (Å²) >= 11 is 0. The van der Waals surface area contributed by atoms with Crippen molar-refractivity contribution in [2.45, 2.75) is 30.7 Å². The number of likely N-dealkylation sites (tertiary alicyclic amines) is 1. The van der Waals surface area contributed by atoms with Gasteiger partial charge in [0.2, 0.25) is 0 Å². The minimum atomic E-state index is -4.41. The summed E-state index contributed by atoms with van der Waals surface area (Å²) in [6.45, 7) is 1.78. The van der Waals surface area contributed by atoms with Crippen molar-refractivity contribution in [3.8, 4) is 18.4 Å². The lowest BCUT2D eigenvalue weighted by atomic mass is 9.82. The number of benzene rings is 1. The van der Waals surface area contributed by atoms with Crippen molar-refractivity contribution in [3.63, 3.8) is 0 Å². The molecule has 1 unspecified atom stereocenters. The van der Waals surface area contributed by atoms with Crippen LogP contribution in [-0.2, 0) is 16.5 Å². The zero-order valence-electron chi connectivity index (χ0n) is 12.4. The third-order valence-corrected chi connectivity index (χ3v) is 4.59. The highest BCUT2D eigenvalue weighted by Crippen LogP contribution is 2.50. The summed E-state index contributed by atoms with van der Waals surface area (Å²) in [4.78, 5) is 2.06. The SMILES string of the molecule is C#CCN1CCC2(CC1)OC(C#N)c1ccc(C(F)(F)F)cc12. The van der Waals surface area contributed by atoms with Crippen LogP contribution < -0.4 is 0 Å². The lowest BCUT2D eigenvalue weighted by Crippen LogP contribution is -2.42. The van der Waals surface area contributed by atoms with E-state index in [1.165, 1.54) is 6.07 Å². The van der Waals surface area contributed by atoms with E-state index in [0.29, 0.717) is 43.6 Å². The average Bonchev–Trinajstić information content (AvgIpc) is 2.83. The highest BCUT2D eigenvalue weighted by molar-refractivity contribution is 5.44. The third-order valence-electron chi connectivity index (χ3n) is 4.59. The maximum Gasteiger partial charge on any atom is 0.416 e. The van der Waals surface area contributed by atoms with Crippen LogP contribution in [-0.4, -0.2) is 24.5 Å². The molecule has 0 saturated carbocycles. The normalized spacial score (nSPS) is 23.3. The number of halogens is 3. The highest BCUT2D eigenvalue weighted by Gasteiger charge is 2.48. The van der Waals surface area contributed by atoms with Gasteiger partial charge in [-0.25, -0.2) is 0 Å². The third kappa shape index (κ3) is 2.69. The zero-order valence-corrected chi connectivity index (χ0v) is 12.4. The minimum Gasteiger partial charge on any atom is -0.347 e. The maximum atomic E-state index is 13.0. The van der Waals surface area contributed by atoms with Gasteiger partial charge in [-0.1, -0.05) is 12.0 Å². The van der Waals surface area contributed by atoms with E-state index >= 15 is 0 Å². The van der Waals surface area contributed by atoms with Gasteiger partial charge in [0.25, 0.3) is 0 Å². The Morgan fingerprint density at radius 3 is 2.61 bits per heavy atom. The number of hydrogen-bond donors (Lipinski definition) is 0. The molecule has 6 heteroatoms. The lowest BCUT2D eigenvalue weighted by Gasteiger charge is -2.38. The van der Waals surface area contributed by atoms with Crippen LogP contribution in [0.2, 0.25) is 0 Å². The number of nitriles is 1. The number of ether oxygens (including phenoxy) is 1. The summed E-state index contributed by atoms with van der Waals surface area (Å²) in [6.07, 6.45) is 1.13. The molecule has 2 heterocycles. The van der Waals surface area contributed by atoms with Crippen LogP contribution in [0.5, 0.6) is 0 Å². The van der Waals surface area contributed by atoms with Crippen molar-refractivity contribution in [2.24, 2.45) is 0 Å². The van der Waals surface area contributed by atoms with E-state index in [9.17, 15) is 18.4 Å². The van der Waals surface area contributed by atoms with Gasteiger partial charge in [0.05, 0.1) is 23.8 Å². The fraction of sp³-hybridized carbons (Fsp3) is 0.471. The molecule has 1 fully saturated rings. The largest absolute Gasteiger partial charge is 0.416 e. The second-order valence-corrected chi connectivity index (χ2v) is 5.90. The Morgan fingerprint density at radius 2 is 2.04 bits per heavy atom. The fourth-order valence-corrected chi connectivity index (χ4v) is 3.39. The Hall–Kier alpha value is -2.02. The first-order chi connectivity index (χ1) is 10.9. The minimum absolute atomic E-state index is 0.499. The second-order valence-electron chi connectivity index (χ2n) is 5.90. The van der Waals surface area contributed by atoms with Gasteiger partial charge in [-0.2, -0.15) is 18.4 Å². The average molecular weight is 320 g/mol. The topological polar surface area (TPSA) is 36.3 Å². The Kier molecular flexibility index (Phi) is 3.83. The van der Waals surface area contributed by atoms with E-state index in [1.54, 1.807) is 0 Å². The molecule has 0 radical (unpaired) electrons. The van der Waals surface area contributed by atoms with E-state index in [1.807, 2.05) is 6.07 Å². The van der Waals surface area contributed by atoms with Crippen LogP contribution in [0.15, 0.2) is 18.2 Å². The summed E-state index contributed by atoms with van der Waals surface area (Å²) in [5.74, 6) is 2.57. The van der Waals surface area contributed by atoms with Crippen molar-refractivity contribution in [3.05, 3.63) is 34.9 Å². The summed E-state index contributed by atoms with van der Waals surface area (Å²) in [7, 11) is 0. The molecule has 2 aliphatic rings. The standard InChI is InChI=1S/C17H15F3N2O/c1-2-7-22-8-5-16(6-9-22)14-10-12(17(18,19)20)3-4-13(14)15(11-21)23-16/h1,3-4,10,15H,5-9H2. The van der Waals surface area contributed by atoms with Crippen molar-refractivity contribution in [1.29, 1.82) is 5.26 Å². The first-order valence-corrected chi connectivity index (χ1v) is 7.34. The zero-order chi connectivity index (χ0) is 16.7. The molecule has 0 bridgehead atoms. The molecular weight excluding hydrogens is 305 g/mol. The molecule has 1 atom stereocenters. The van der Waals surface area contributed by atoms with Crippen molar-refractivity contribution >= 4 is 0 Å². The van der Waals surface area contributed by atoms with Gasteiger partial charge in [0, 0.05) is 18.7 Å². The molecule has 1 aromatic carbocycles. The number of rotatable bonds is 1. The van der Waals surface area contributed by atoms with Crippen molar-refractivity contribution in [1.82, 2.24) is 4.90 Å². The summed E-state index contributed by atoms with van der Waals surface area (Å²) in [6, 6.07) is 5.56. The van der Waals surface area contributed by atoms with Crippen LogP contribution >= 0.6 is 0 Å². The van der Waals surface area contributed by atoms with Crippen LogP contribution in [0.3, 0.4) is 0 Å². The van der Waals surface area contributed by atoms with Crippen LogP contribution in [0.4, 0.5) is 13.2 Å². The van der Waals surface area contributed by atoms with E-state index in [2.05, 4.69) is 10.8 Å². The Balaban J connectivity index is 1.97. The van der Waals surface area contributed by atoms with Gasteiger partial charge in [-0.05, 0) is 30.5 Å². The Bertz CT molecular complexity index is 691. The fourth-order valence-electron chi connectivity index (χ4n) is 3.39. The van der Waals surface area contributed by atoms with Gasteiger partial charge >= 0.3 is 6.18 Å². The number of nitrogens with zero attached hydrogens (tertiary/aromatic N) is 2. The predicted octanol–water partition coefficient (Wildman–Crippen LogP) is 3.22. The summed E-state index contributed by atoms with van der Waals surface area (Å²) in [5, 5.41) is 9.26. The molecule has 1 aromatic rings. The van der Waals surface area contributed by atoms with Gasteiger partial charge in [0.1, 0.15) is 0 Å². The van der Waals surface area contributed by atoms with Crippen LogP contribution in [0.1, 0.15) is 35.6 Å². The first kappa shape index (κ1) is 15.9. The second kappa shape index (κ2) is 5.56. The van der Waals surface area contributed by atoms with E-state index in [0.717, 1.165) is 12.1 Å². The molecule has 0 N–H and O–H groups in total. The molecule has 0 amide bonds. The van der Waals surface area contributed by atoms with Crippen LogP contribution in [0.25, 0.3) is 0 Å². The van der Waals surface area contributed by atoms with Gasteiger partial charge < -0.3 is 4.74 Å². The van der Waals surface area contributed by atoms with E-state index in [4.69, 9.17) is 11.2 Å². The Labute approximate surface area is 132 Å². The molecule has 3 nitrogen and oxygen atoms in total. The molecular formula is C17H15F3N2O.